The topological polar surface area (TPSA) is 66.9 Å². The average Bonchev–Trinajstić information content (AvgIpc) is 2.63. The molecule has 1 aromatic rings. The first kappa shape index (κ1) is 20.3. The van der Waals surface area contributed by atoms with Gasteiger partial charge in [-0.15, -0.1) is 0 Å². The van der Waals surface area contributed by atoms with Gasteiger partial charge in [0.25, 0.3) is 10.1 Å². The van der Waals surface area contributed by atoms with Crippen molar-refractivity contribution in [2.45, 2.75) is 44.8 Å². The molecular formula is C20H30N2O4S. The second-order valence-corrected chi connectivity index (χ2v) is 9.39. The van der Waals surface area contributed by atoms with E-state index in [0.29, 0.717) is 38.3 Å². The van der Waals surface area contributed by atoms with Crippen molar-refractivity contribution in [2.24, 2.45) is 5.92 Å². The summed E-state index contributed by atoms with van der Waals surface area (Å²) in [5.41, 5.74) is 1.34. The molecule has 7 heteroatoms. The summed E-state index contributed by atoms with van der Waals surface area (Å²) in [6.07, 6.45) is 4.71. The number of benzene rings is 1. The molecule has 0 N–H and O–H groups in total. The highest BCUT2D eigenvalue weighted by atomic mass is 32.2. The van der Waals surface area contributed by atoms with Crippen molar-refractivity contribution >= 4 is 16.0 Å². The normalized spacial score (nSPS) is 20.7. The Balaban J connectivity index is 1.37. The largest absolute Gasteiger partial charge is 0.342 e. The highest BCUT2D eigenvalue weighted by Gasteiger charge is 2.28. The maximum absolute atomic E-state index is 12.6. The Kier molecular flexibility index (Phi) is 6.89. The molecule has 6 nitrogen and oxygen atoms in total. The van der Waals surface area contributed by atoms with Gasteiger partial charge in [0.05, 0.1) is 12.4 Å². The van der Waals surface area contributed by atoms with Gasteiger partial charge in [-0.05, 0) is 50.3 Å². The number of piperidine rings is 2. The maximum Gasteiger partial charge on any atom is 0.264 e. The third-order valence-corrected chi connectivity index (χ3v) is 6.15. The number of likely N-dealkylation sites (tertiary alicyclic amines) is 2. The van der Waals surface area contributed by atoms with Crippen LogP contribution in [0.4, 0.5) is 0 Å². The number of amides is 1. The molecule has 0 atom stereocenters. The van der Waals surface area contributed by atoms with E-state index in [9.17, 15) is 13.2 Å². The highest BCUT2D eigenvalue weighted by Crippen LogP contribution is 2.24. The standard InChI is InChI=1S/C20H30N2O4S/c1-27(24,25)26-19-9-13-22(14-10-19)20(23)15-17-7-11-21(12-8-17)16-18-5-3-2-4-6-18/h2-6,17,19H,7-16H2,1H3. The molecule has 0 aromatic heterocycles. The minimum atomic E-state index is -3.42. The van der Waals surface area contributed by atoms with E-state index in [1.54, 1.807) is 0 Å². The van der Waals surface area contributed by atoms with Crippen LogP contribution in [0.3, 0.4) is 0 Å². The molecule has 1 aromatic carbocycles. The van der Waals surface area contributed by atoms with Crippen LogP contribution >= 0.6 is 0 Å². The summed E-state index contributed by atoms with van der Waals surface area (Å²) >= 11 is 0. The van der Waals surface area contributed by atoms with Crippen LogP contribution in [0, 0.1) is 5.92 Å². The Morgan fingerprint density at radius 3 is 2.26 bits per heavy atom. The zero-order valence-electron chi connectivity index (χ0n) is 16.0. The van der Waals surface area contributed by atoms with E-state index >= 15 is 0 Å². The van der Waals surface area contributed by atoms with Gasteiger partial charge >= 0.3 is 0 Å². The summed E-state index contributed by atoms with van der Waals surface area (Å²) in [7, 11) is -3.42. The van der Waals surface area contributed by atoms with Crippen LogP contribution in [0.25, 0.3) is 0 Å². The van der Waals surface area contributed by atoms with Crippen molar-refractivity contribution in [1.29, 1.82) is 0 Å². The molecule has 27 heavy (non-hydrogen) atoms. The predicted octanol–water partition coefficient (Wildman–Crippen LogP) is 2.26. The van der Waals surface area contributed by atoms with Gasteiger partial charge in [0.1, 0.15) is 0 Å². The number of carbonyl (C=O) groups is 1. The van der Waals surface area contributed by atoms with Crippen molar-refractivity contribution in [1.82, 2.24) is 9.80 Å². The number of nitrogens with zero attached hydrogens (tertiary/aromatic N) is 2. The van der Waals surface area contributed by atoms with Gasteiger partial charge < -0.3 is 4.90 Å². The lowest BCUT2D eigenvalue weighted by Crippen LogP contribution is -2.42. The summed E-state index contributed by atoms with van der Waals surface area (Å²) in [5.74, 6) is 0.656. The minimum Gasteiger partial charge on any atom is -0.342 e. The Hall–Kier alpha value is -1.44. The van der Waals surface area contributed by atoms with Gasteiger partial charge in [0.2, 0.25) is 5.91 Å². The fourth-order valence-corrected chi connectivity index (χ4v) is 4.70. The molecule has 2 heterocycles. The third-order valence-electron chi connectivity index (χ3n) is 5.53. The molecule has 0 saturated carbocycles. The van der Waals surface area contributed by atoms with Crippen LogP contribution in [0.1, 0.15) is 37.7 Å². The van der Waals surface area contributed by atoms with E-state index in [0.717, 1.165) is 38.7 Å². The Labute approximate surface area is 162 Å². The molecule has 2 saturated heterocycles. The van der Waals surface area contributed by atoms with Crippen LogP contribution in [0.15, 0.2) is 30.3 Å². The van der Waals surface area contributed by atoms with Crippen LogP contribution < -0.4 is 0 Å². The predicted molar refractivity (Wildman–Crippen MR) is 105 cm³/mol. The number of hydrogen-bond acceptors (Lipinski definition) is 5. The van der Waals surface area contributed by atoms with Crippen LogP contribution in [-0.4, -0.2) is 62.7 Å². The molecular weight excluding hydrogens is 364 g/mol. The van der Waals surface area contributed by atoms with Crippen molar-refractivity contribution < 1.29 is 17.4 Å². The van der Waals surface area contributed by atoms with Crippen molar-refractivity contribution in [3.63, 3.8) is 0 Å². The molecule has 0 bridgehead atoms. The molecule has 0 aliphatic carbocycles. The zero-order chi connectivity index (χ0) is 19.3. The van der Waals surface area contributed by atoms with Crippen LogP contribution in [0.2, 0.25) is 0 Å². The van der Waals surface area contributed by atoms with E-state index < -0.39 is 10.1 Å². The van der Waals surface area contributed by atoms with Gasteiger partial charge in [-0.25, -0.2) is 0 Å². The van der Waals surface area contributed by atoms with Crippen molar-refractivity contribution in [3.05, 3.63) is 35.9 Å². The number of rotatable bonds is 6. The van der Waals surface area contributed by atoms with Crippen molar-refractivity contribution in [3.8, 4) is 0 Å². The summed E-state index contributed by atoms with van der Waals surface area (Å²) in [4.78, 5) is 16.9. The number of hydrogen-bond donors (Lipinski definition) is 0. The molecule has 2 aliphatic heterocycles. The molecule has 0 unspecified atom stereocenters. The van der Waals surface area contributed by atoms with Crippen LogP contribution in [-0.2, 0) is 25.6 Å². The highest BCUT2D eigenvalue weighted by molar-refractivity contribution is 7.86. The van der Waals surface area contributed by atoms with Gasteiger partial charge in [0, 0.05) is 26.1 Å². The van der Waals surface area contributed by atoms with Gasteiger partial charge in [0.15, 0.2) is 0 Å². The van der Waals surface area contributed by atoms with E-state index in [1.165, 1.54) is 5.56 Å². The summed E-state index contributed by atoms with van der Waals surface area (Å²) in [6, 6.07) is 10.5. The van der Waals surface area contributed by atoms with E-state index in [2.05, 4.69) is 29.2 Å². The lowest BCUT2D eigenvalue weighted by Gasteiger charge is -2.35. The van der Waals surface area contributed by atoms with E-state index in [-0.39, 0.29) is 12.0 Å². The van der Waals surface area contributed by atoms with Gasteiger partial charge in [-0.2, -0.15) is 8.42 Å². The molecule has 2 aliphatic rings. The second-order valence-electron chi connectivity index (χ2n) is 7.79. The molecule has 3 rings (SSSR count). The SMILES string of the molecule is CS(=O)(=O)OC1CCN(C(=O)CC2CCN(Cc3ccccc3)CC2)CC1. The van der Waals surface area contributed by atoms with Gasteiger partial charge in [-0.3, -0.25) is 13.9 Å². The van der Waals surface area contributed by atoms with Crippen LogP contribution in [0.5, 0.6) is 0 Å². The first-order chi connectivity index (χ1) is 12.9. The summed E-state index contributed by atoms with van der Waals surface area (Å²) in [5, 5.41) is 0. The first-order valence-electron chi connectivity index (χ1n) is 9.81. The first-order valence-corrected chi connectivity index (χ1v) is 11.6. The van der Waals surface area contributed by atoms with Crippen molar-refractivity contribution in [2.75, 3.05) is 32.4 Å². The minimum absolute atomic E-state index is 0.203. The third kappa shape index (κ3) is 6.59. The smallest absolute Gasteiger partial charge is 0.264 e. The number of carbonyl (C=O) groups excluding carboxylic acids is 1. The monoisotopic (exact) mass is 394 g/mol. The lowest BCUT2D eigenvalue weighted by molar-refractivity contribution is -0.134. The Morgan fingerprint density at radius 2 is 1.67 bits per heavy atom. The fraction of sp³-hybridized carbons (Fsp3) is 0.650. The average molecular weight is 395 g/mol. The molecule has 1 amide bonds. The lowest BCUT2D eigenvalue weighted by atomic mass is 9.92. The fourth-order valence-electron chi connectivity index (χ4n) is 4.01. The maximum atomic E-state index is 12.6. The van der Waals surface area contributed by atoms with E-state index in [4.69, 9.17) is 4.18 Å². The molecule has 0 spiro atoms. The molecule has 0 radical (unpaired) electrons. The quantitative estimate of drug-likeness (QED) is 0.693. The van der Waals surface area contributed by atoms with Gasteiger partial charge in [-0.1, -0.05) is 30.3 Å². The summed E-state index contributed by atoms with van der Waals surface area (Å²) in [6.45, 7) is 4.24. The molecule has 150 valence electrons. The van der Waals surface area contributed by atoms with E-state index in [1.807, 2.05) is 11.0 Å². The molecule has 2 fully saturated rings. The Morgan fingerprint density at radius 1 is 1.04 bits per heavy atom. The summed E-state index contributed by atoms with van der Waals surface area (Å²) < 4.78 is 27.5. The zero-order valence-corrected chi connectivity index (χ0v) is 16.9. The Bertz CT molecular complexity index is 707. The second kappa shape index (κ2) is 9.17.